The van der Waals surface area contributed by atoms with E-state index in [9.17, 15) is 5.11 Å². The normalized spacial score (nSPS) is 13.1. The van der Waals surface area contributed by atoms with Crippen LogP contribution in [-0.2, 0) is 13.0 Å². The van der Waals surface area contributed by atoms with Gasteiger partial charge in [-0.15, -0.1) is 0 Å². The van der Waals surface area contributed by atoms with E-state index in [1.165, 1.54) is 0 Å². The van der Waals surface area contributed by atoms with Gasteiger partial charge in [-0.05, 0) is 52.4 Å². The van der Waals surface area contributed by atoms with E-state index in [2.05, 4.69) is 31.3 Å². The second-order valence-electron chi connectivity index (χ2n) is 4.76. The molecule has 1 atom stereocenters. The van der Waals surface area contributed by atoms with Crippen LogP contribution in [0.4, 0.5) is 0 Å². The average molecular weight is 344 g/mol. The predicted octanol–water partition coefficient (Wildman–Crippen LogP) is 2.54. The van der Waals surface area contributed by atoms with E-state index in [1.54, 1.807) is 17.5 Å². The number of nitrogens with zero attached hydrogens (tertiary/aromatic N) is 3. The van der Waals surface area contributed by atoms with Gasteiger partial charge in [0.15, 0.2) is 0 Å². The number of aliphatic hydroxyl groups is 1. The number of halogens is 1. The van der Waals surface area contributed by atoms with Gasteiger partial charge in [0.2, 0.25) is 0 Å². The van der Waals surface area contributed by atoms with Gasteiger partial charge in [-0.1, -0.05) is 0 Å². The number of thiophene rings is 1. The number of aromatic nitrogens is 2. The lowest BCUT2D eigenvalue weighted by atomic mass is 10.1. The Bertz CT molecular complexity index is 510. The van der Waals surface area contributed by atoms with Gasteiger partial charge in [-0.2, -0.15) is 16.4 Å². The van der Waals surface area contributed by atoms with E-state index in [1.807, 2.05) is 30.2 Å². The number of rotatable bonds is 6. The van der Waals surface area contributed by atoms with Gasteiger partial charge in [0, 0.05) is 13.0 Å². The minimum atomic E-state index is -0.534. The number of aliphatic hydroxyl groups excluding tert-OH is 1. The Balaban J connectivity index is 2.11. The van der Waals surface area contributed by atoms with Gasteiger partial charge < -0.3 is 10.0 Å². The minimum absolute atomic E-state index is 0.534. The van der Waals surface area contributed by atoms with Crippen LogP contribution < -0.4 is 0 Å². The van der Waals surface area contributed by atoms with Crippen LogP contribution in [0, 0.1) is 0 Å². The van der Waals surface area contributed by atoms with Crippen LogP contribution in [0.1, 0.15) is 17.4 Å². The molecule has 0 fully saturated rings. The van der Waals surface area contributed by atoms with Crippen molar-refractivity contribution in [3.63, 3.8) is 0 Å². The van der Waals surface area contributed by atoms with Crippen molar-refractivity contribution in [2.24, 2.45) is 0 Å². The maximum atomic E-state index is 10.4. The van der Waals surface area contributed by atoms with Gasteiger partial charge >= 0.3 is 0 Å². The molecule has 0 saturated heterocycles. The predicted molar refractivity (Wildman–Crippen MR) is 81.5 cm³/mol. The van der Waals surface area contributed by atoms with Gasteiger partial charge in [0.25, 0.3) is 0 Å². The first-order valence-corrected chi connectivity index (χ1v) is 7.86. The summed E-state index contributed by atoms with van der Waals surface area (Å²) < 4.78 is 2.75. The molecule has 2 aromatic rings. The Morgan fingerprint density at radius 1 is 1.53 bits per heavy atom. The first-order chi connectivity index (χ1) is 9.08. The summed E-state index contributed by atoms with van der Waals surface area (Å²) in [6.45, 7) is 1.67. The molecule has 0 radical (unpaired) electrons. The molecule has 6 heteroatoms. The topological polar surface area (TPSA) is 41.3 Å². The maximum absolute atomic E-state index is 10.4. The average Bonchev–Trinajstić information content (AvgIpc) is 2.96. The summed E-state index contributed by atoms with van der Waals surface area (Å²) >= 11 is 5.12. The van der Waals surface area contributed by atoms with Gasteiger partial charge in [0.1, 0.15) is 6.10 Å². The SMILES string of the molecule is CN(C)CCn1ncc(Br)c1C(O)Cc1ccsc1. The van der Waals surface area contributed by atoms with Crippen molar-refractivity contribution in [3.05, 3.63) is 38.8 Å². The maximum Gasteiger partial charge on any atom is 0.101 e. The zero-order valence-corrected chi connectivity index (χ0v) is 13.5. The molecule has 0 aliphatic rings. The first-order valence-electron chi connectivity index (χ1n) is 6.13. The lowest BCUT2D eigenvalue weighted by Crippen LogP contribution is -2.21. The van der Waals surface area contributed by atoms with Crippen LogP contribution >= 0.6 is 27.3 Å². The summed E-state index contributed by atoms with van der Waals surface area (Å²) in [4.78, 5) is 2.10. The lowest BCUT2D eigenvalue weighted by Gasteiger charge is -2.15. The van der Waals surface area contributed by atoms with Crippen LogP contribution in [0.15, 0.2) is 27.5 Å². The van der Waals surface area contributed by atoms with E-state index in [0.29, 0.717) is 6.42 Å². The number of hydrogen-bond acceptors (Lipinski definition) is 4. The van der Waals surface area contributed by atoms with Gasteiger partial charge in [-0.25, -0.2) is 0 Å². The molecule has 2 aromatic heterocycles. The Morgan fingerprint density at radius 2 is 2.32 bits per heavy atom. The second-order valence-corrected chi connectivity index (χ2v) is 6.39. The highest BCUT2D eigenvalue weighted by atomic mass is 79.9. The Morgan fingerprint density at radius 3 is 2.95 bits per heavy atom. The van der Waals surface area contributed by atoms with E-state index in [0.717, 1.165) is 28.8 Å². The fourth-order valence-corrected chi connectivity index (χ4v) is 3.15. The highest BCUT2D eigenvalue weighted by Crippen LogP contribution is 2.26. The monoisotopic (exact) mass is 343 g/mol. The Labute approximate surface area is 125 Å². The fourth-order valence-electron chi connectivity index (χ4n) is 1.90. The standard InChI is InChI=1S/C13H18BrN3OS/c1-16(2)4-5-17-13(11(14)8-15-17)12(18)7-10-3-6-19-9-10/h3,6,8-9,12,18H,4-5,7H2,1-2H3. The second kappa shape index (κ2) is 6.65. The zero-order chi connectivity index (χ0) is 13.8. The molecule has 4 nitrogen and oxygen atoms in total. The third-order valence-corrected chi connectivity index (χ3v) is 4.26. The molecular weight excluding hydrogens is 326 g/mol. The molecule has 0 spiro atoms. The van der Waals surface area contributed by atoms with Crippen molar-refractivity contribution in [2.75, 3.05) is 20.6 Å². The van der Waals surface area contributed by atoms with E-state index in [4.69, 9.17) is 0 Å². The van der Waals surface area contributed by atoms with Gasteiger partial charge in [0.05, 0.1) is 22.9 Å². The van der Waals surface area contributed by atoms with E-state index < -0.39 is 6.10 Å². The van der Waals surface area contributed by atoms with E-state index in [-0.39, 0.29) is 0 Å². The molecule has 0 saturated carbocycles. The summed E-state index contributed by atoms with van der Waals surface area (Å²) in [5, 5.41) is 18.8. The van der Waals surface area contributed by atoms with Crippen molar-refractivity contribution in [1.29, 1.82) is 0 Å². The van der Waals surface area contributed by atoms with Crippen molar-refractivity contribution >= 4 is 27.3 Å². The molecule has 2 heterocycles. The van der Waals surface area contributed by atoms with Crippen molar-refractivity contribution < 1.29 is 5.11 Å². The molecular formula is C13H18BrN3OS. The molecule has 19 heavy (non-hydrogen) atoms. The molecule has 1 unspecified atom stereocenters. The quantitative estimate of drug-likeness (QED) is 0.876. The molecule has 0 bridgehead atoms. The van der Waals surface area contributed by atoms with E-state index >= 15 is 0 Å². The molecule has 0 amide bonds. The molecule has 2 rings (SSSR count). The van der Waals surface area contributed by atoms with Crippen LogP contribution in [-0.4, -0.2) is 40.4 Å². The third-order valence-electron chi connectivity index (χ3n) is 2.92. The molecule has 0 aliphatic carbocycles. The molecule has 0 aliphatic heterocycles. The number of likely N-dealkylation sites (N-methyl/N-ethyl adjacent to an activating group) is 1. The van der Waals surface area contributed by atoms with Crippen LogP contribution in [0.5, 0.6) is 0 Å². The zero-order valence-electron chi connectivity index (χ0n) is 11.1. The fraction of sp³-hybridized carbons (Fsp3) is 0.462. The molecule has 0 aromatic carbocycles. The van der Waals surface area contributed by atoms with Crippen molar-refractivity contribution in [1.82, 2.24) is 14.7 Å². The Kier molecular flexibility index (Phi) is 5.15. The lowest BCUT2D eigenvalue weighted by molar-refractivity contribution is 0.165. The summed E-state index contributed by atoms with van der Waals surface area (Å²) in [6.07, 6.45) is 1.84. The minimum Gasteiger partial charge on any atom is -0.386 e. The highest BCUT2D eigenvalue weighted by Gasteiger charge is 2.18. The summed E-state index contributed by atoms with van der Waals surface area (Å²) in [6, 6.07) is 2.04. The van der Waals surface area contributed by atoms with Crippen LogP contribution in [0.2, 0.25) is 0 Å². The first kappa shape index (κ1) is 14.7. The van der Waals surface area contributed by atoms with Crippen LogP contribution in [0.3, 0.4) is 0 Å². The molecule has 1 N–H and O–H groups in total. The summed E-state index contributed by atoms with van der Waals surface area (Å²) in [5.74, 6) is 0. The van der Waals surface area contributed by atoms with Crippen molar-refractivity contribution in [2.45, 2.75) is 19.1 Å². The third kappa shape index (κ3) is 3.89. The van der Waals surface area contributed by atoms with Crippen molar-refractivity contribution in [3.8, 4) is 0 Å². The summed E-state index contributed by atoms with van der Waals surface area (Å²) in [7, 11) is 4.06. The summed E-state index contributed by atoms with van der Waals surface area (Å²) in [5.41, 5.74) is 2.01. The number of hydrogen-bond donors (Lipinski definition) is 1. The Hall–Kier alpha value is -0.690. The largest absolute Gasteiger partial charge is 0.386 e. The smallest absolute Gasteiger partial charge is 0.101 e. The van der Waals surface area contributed by atoms with Gasteiger partial charge in [-0.3, -0.25) is 4.68 Å². The molecule has 104 valence electrons. The van der Waals surface area contributed by atoms with Crippen LogP contribution in [0.25, 0.3) is 0 Å². The highest BCUT2D eigenvalue weighted by molar-refractivity contribution is 9.10.